The Kier molecular flexibility index (Phi) is 10.7. The first-order chi connectivity index (χ1) is 16.2. The van der Waals surface area contributed by atoms with Crippen LogP contribution in [0.25, 0.3) is 10.9 Å². The zero-order valence-corrected chi connectivity index (χ0v) is 21.5. The van der Waals surface area contributed by atoms with E-state index in [0.29, 0.717) is 23.3 Å². The van der Waals surface area contributed by atoms with E-state index in [1.165, 1.54) is 28.4 Å². The van der Waals surface area contributed by atoms with E-state index >= 15 is 0 Å². The van der Waals surface area contributed by atoms with Crippen molar-refractivity contribution in [3.63, 3.8) is 0 Å². The lowest BCUT2D eigenvalue weighted by molar-refractivity contribution is 0.306. The van der Waals surface area contributed by atoms with Crippen molar-refractivity contribution in [1.82, 2.24) is 4.98 Å². The number of allylic oxidation sites excluding steroid dienone is 6. The molecule has 0 unspecified atom stereocenters. The van der Waals surface area contributed by atoms with Gasteiger partial charge in [-0.2, -0.15) is 0 Å². The average Bonchev–Trinajstić information content (AvgIpc) is 2.74. The largest absolute Gasteiger partial charge is 0.508 e. The first kappa shape index (κ1) is 27.0. The van der Waals surface area contributed by atoms with Gasteiger partial charge in [-0.05, 0) is 91.5 Å². The number of aromatic amines is 1. The summed E-state index contributed by atoms with van der Waals surface area (Å²) in [4.78, 5) is 15.6. The molecular formula is C29H39NO4. The molecule has 0 aliphatic carbocycles. The van der Waals surface area contributed by atoms with Gasteiger partial charge >= 0.3 is 0 Å². The van der Waals surface area contributed by atoms with Crippen LogP contribution < -0.4 is 15.0 Å². The average molecular weight is 466 g/mol. The summed E-state index contributed by atoms with van der Waals surface area (Å²) in [6.45, 7) is 13.1. The molecule has 0 atom stereocenters. The molecule has 0 saturated carbocycles. The molecule has 0 spiro atoms. The van der Waals surface area contributed by atoms with E-state index in [1.807, 2.05) is 12.2 Å². The molecule has 5 nitrogen and oxygen atoms in total. The third-order valence-electron chi connectivity index (χ3n) is 5.41. The molecule has 2 aromatic rings. The van der Waals surface area contributed by atoms with Gasteiger partial charge in [0.25, 0.3) is 5.56 Å². The molecule has 0 fully saturated rings. The molecule has 2 rings (SSSR count). The highest BCUT2D eigenvalue weighted by Gasteiger charge is 2.16. The van der Waals surface area contributed by atoms with Gasteiger partial charge in [0, 0.05) is 11.5 Å². The monoisotopic (exact) mass is 465 g/mol. The molecule has 0 radical (unpaired) electrons. The summed E-state index contributed by atoms with van der Waals surface area (Å²) in [5.74, 6) is 0.623. The number of phenolic OH excluding ortho intramolecular Hbond substituents is 1. The minimum Gasteiger partial charge on any atom is -0.508 e. The number of fused-ring (bicyclic) bond motifs is 1. The molecule has 0 aliphatic rings. The third-order valence-corrected chi connectivity index (χ3v) is 5.41. The molecule has 184 valence electrons. The standard InChI is InChI=1S/C29H39NO4/c1-20(2)9-7-11-22(5)15-17-33-27-25-14-13-24(31)19-26(25)30-29(32)28(27)34-18-16-23(6)12-8-10-21(3)4/h9-10,13-16,19,31H,7-8,11-12,17-18H2,1-6H3,(H,30,32)/b22-15+,23-16+. The van der Waals surface area contributed by atoms with Crippen molar-refractivity contribution in [2.75, 3.05) is 13.2 Å². The Morgan fingerprint density at radius 2 is 1.35 bits per heavy atom. The number of hydrogen-bond acceptors (Lipinski definition) is 4. The highest BCUT2D eigenvalue weighted by molar-refractivity contribution is 5.88. The number of aromatic hydroxyl groups is 1. The summed E-state index contributed by atoms with van der Waals surface area (Å²) < 4.78 is 12.0. The van der Waals surface area contributed by atoms with Crippen LogP contribution in [0.1, 0.15) is 67.2 Å². The topological polar surface area (TPSA) is 71.5 Å². The van der Waals surface area contributed by atoms with Crippen LogP contribution >= 0.6 is 0 Å². The maximum absolute atomic E-state index is 12.8. The van der Waals surface area contributed by atoms with Crippen molar-refractivity contribution in [1.29, 1.82) is 0 Å². The molecular weight excluding hydrogens is 426 g/mol. The maximum atomic E-state index is 12.8. The van der Waals surface area contributed by atoms with Gasteiger partial charge in [0.1, 0.15) is 19.0 Å². The molecule has 0 saturated heterocycles. The lowest BCUT2D eigenvalue weighted by Gasteiger charge is -2.14. The minimum absolute atomic E-state index is 0.0766. The Morgan fingerprint density at radius 1 is 0.824 bits per heavy atom. The number of ether oxygens (including phenoxy) is 2. The van der Waals surface area contributed by atoms with E-state index in [4.69, 9.17) is 9.47 Å². The minimum atomic E-state index is -0.382. The number of aromatic nitrogens is 1. The highest BCUT2D eigenvalue weighted by Crippen LogP contribution is 2.33. The van der Waals surface area contributed by atoms with Crippen molar-refractivity contribution in [2.24, 2.45) is 0 Å². The number of pyridine rings is 1. The lowest BCUT2D eigenvalue weighted by Crippen LogP contribution is -2.14. The fourth-order valence-corrected chi connectivity index (χ4v) is 3.43. The Morgan fingerprint density at radius 3 is 1.88 bits per heavy atom. The van der Waals surface area contributed by atoms with Crippen molar-refractivity contribution in [2.45, 2.75) is 67.2 Å². The number of phenols is 1. The fourth-order valence-electron chi connectivity index (χ4n) is 3.43. The van der Waals surface area contributed by atoms with Gasteiger partial charge in [-0.15, -0.1) is 0 Å². The van der Waals surface area contributed by atoms with E-state index in [-0.39, 0.29) is 23.7 Å². The normalized spacial score (nSPS) is 11.9. The second-order valence-corrected chi connectivity index (χ2v) is 9.21. The van der Waals surface area contributed by atoms with Gasteiger partial charge in [0.15, 0.2) is 5.75 Å². The second-order valence-electron chi connectivity index (χ2n) is 9.21. The predicted octanol–water partition coefficient (Wildman–Crippen LogP) is 7.38. The number of H-pyrrole nitrogens is 1. The zero-order chi connectivity index (χ0) is 25.1. The van der Waals surface area contributed by atoms with Crippen LogP contribution in [0.5, 0.6) is 17.2 Å². The molecule has 0 amide bonds. The zero-order valence-electron chi connectivity index (χ0n) is 21.5. The quantitative estimate of drug-likeness (QED) is 0.321. The number of rotatable bonds is 12. The third kappa shape index (κ3) is 8.97. The summed E-state index contributed by atoms with van der Waals surface area (Å²) in [5.41, 5.74) is 5.17. The number of hydrogen-bond donors (Lipinski definition) is 2. The Balaban J connectivity index is 2.21. The molecule has 34 heavy (non-hydrogen) atoms. The van der Waals surface area contributed by atoms with Crippen LogP contribution in [-0.4, -0.2) is 23.3 Å². The van der Waals surface area contributed by atoms with Crippen molar-refractivity contribution in [3.05, 3.63) is 75.1 Å². The fraction of sp³-hybridized carbons (Fsp3) is 0.414. The van der Waals surface area contributed by atoms with Crippen LogP contribution in [0.15, 0.2) is 69.6 Å². The van der Waals surface area contributed by atoms with E-state index in [1.54, 1.807) is 12.1 Å². The van der Waals surface area contributed by atoms with Crippen LogP contribution in [-0.2, 0) is 0 Å². The Bertz CT molecular complexity index is 1140. The van der Waals surface area contributed by atoms with Crippen molar-refractivity contribution < 1.29 is 14.6 Å². The van der Waals surface area contributed by atoms with E-state index in [0.717, 1.165) is 25.7 Å². The van der Waals surface area contributed by atoms with Crippen LogP contribution in [0, 0.1) is 0 Å². The number of benzene rings is 1. The molecule has 1 heterocycles. The van der Waals surface area contributed by atoms with Gasteiger partial charge in [0.2, 0.25) is 5.75 Å². The van der Waals surface area contributed by atoms with E-state index in [9.17, 15) is 9.90 Å². The van der Waals surface area contributed by atoms with E-state index < -0.39 is 0 Å². The van der Waals surface area contributed by atoms with Gasteiger partial charge in [-0.25, -0.2) is 0 Å². The molecule has 1 aromatic carbocycles. The summed E-state index contributed by atoms with van der Waals surface area (Å²) in [6.07, 6.45) is 12.3. The van der Waals surface area contributed by atoms with Gasteiger partial charge in [-0.3, -0.25) is 4.79 Å². The SMILES string of the molecule is CC(C)=CCC/C(C)=C/COc1c(OC/C=C(\C)CCC=C(C)C)c2ccc(O)cc2[nH]c1=O. The first-order valence-electron chi connectivity index (χ1n) is 11.9. The molecule has 5 heteroatoms. The van der Waals surface area contributed by atoms with E-state index in [2.05, 4.69) is 58.7 Å². The maximum Gasteiger partial charge on any atom is 0.294 e. The molecule has 0 aliphatic heterocycles. The summed E-state index contributed by atoms with van der Waals surface area (Å²) in [7, 11) is 0. The van der Waals surface area contributed by atoms with Crippen LogP contribution in [0.4, 0.5) is 0 Å². The van der Waals surface area contributed by atoms with Crippen molar-refractivity contribution >= 4 is 10.9 Å². The molecule has 2 N–H and O–H groups in total. The molecule has 0 bridgehead atoms. The highest BCUT2D eigenvalue weighted by atomic mass is 16.5. The molecule has 1 aromatic heterocycles. The summed E-state index contributed by atoms with van der Waals surface area (Å²) >= 11 is 0. The van der Waals surface area contributed by atoms with Crippen molar-refractivity contribution in [3.8, 4) is 17.2 Å². The number of nitrogens with one attached hydrogen (secondary N) is 1. The van der Waals surface area contributed by atoms with Gasteiger partial charge in [-0.1, -0.05) is 34.4 Å². The van der Waals surface area contributed by atoms with Crippen LogP contribution in [0.3, 0.4) is 0 Å². The summed E-state index contributed by atoms with van der Waals surface area (Å²) in [5, 5.41) is 10.5. The van der Waals surface area contributed by atoms with Gasteiger partial charge < -0.3 is 19.6 Å². The Labute approximate surface area is 203 Å². The van der Waals surface area contributed by atoms with Crippen LogP contribution in [0.2, 0.25) is 0 Å². The smallest absolute Gasteiger partial charge is 0.294 e. The lowest BCUT2D eigenvalue weighted by atomic mass is 10.1. The predicted molar refractivity (Wildman–Crippen MR) is 142 cm³/mol. The second kappa shape index (κ2) is 13.5. The first-order valence-corrected chi connectivity index (χ1v) is 11.9. The summed E-state index contributed by atoms with van der Waals surface area (Å²) in [6, 6.07) is 4.82. The van der Waals surface area contributed by atoms with Gasteiger partial charge in [0.05, 0.1) is 5.52 Å². The Hall–Kier alpha value is -3.21.